The van der Waals surface area contributed by atoms with E-state index >= 15 is 0 Å². The molecule has 0 spiro atoms. The molecule has 0 aliphatic rings. The first-order valence-corrected chi connectivity index (χ1v) is 4.20. The highest BCUT2D eigenvalue weighted by atomic mass is 15.0. The van der Waals surface area contributed by atoms with E-state index in [1.54, 1.807) is 0 Å². The number of anilines is 1. The summed E-state index contributed by atoms with van der Waals surface area (Å²) in [6.07, 6.45) is 1.40. The summed E-state index contributed by atoms with van der Waals surface area (Å²) >= 11 is 0. The quantitative estimate of drug-likeness (QED) is 0.638. The predicted octanol–water partition coefficient (Wildman–Crippen LogP) is 1.27. The molecule has 0 atom stereocenters. The van der Waals surface area contributed by atoms with Crippen molar-refractivity contribution in [3.05, 3.63) is 12.2 Å². The Morgan fingerprint density at radius 1 is 1.31 bits per heavy atom. The Balaban J connectivity index is 0.000000396. The van der Waals surface area contributed by atoms with E-state index in [1.807, 2.05) is 20.8 Å². The molecule has 0 bridgehead atoms. The highest BCUT2D eigenvalue weighted by Crippen LogP contribution is 2.11. The van der Waals surface area contributed by atoms with Crippen molar-refractivity contribution < 1.29 is 0 Å². The molecule has 5 nitrogen and oxygen atoms in total. The Morgan fingerprint density at radius 3 is 2.62 bits per heavy atom. The molecule has 70 valence electrons. The number of fused-ring (bicyclic) bond motifs is 1. The van der Waals surface area contributed by atoms with Crippen molar-refractivity contribution in [2.45, 2.75) is 20.8 Å². The zero-order chi connectivity index (χ0) is 9.84. The van der Waals surface area contributed by atoms with E-state index in [9.17, 15) is 0 Å². The molecule has 0 saturated heterocycles. The lowest BCUT2D eigenvalue weighted by Gasteiger charge is -1.89. The van der Waals surface area contributed by atoms with E-state index in [4.69, 9.17) is 5.73 Å². The van der Waals surface area contributed by atoms with Crippen LogP contribution < -0.4 is 5.73 Å². The van der Waals surface area contributed by atoms with Crippen molar-refractivity contribution in [1.29, 1.82) is 0 Å². The van der Waals surface area contributed by atoms with Crippen molar-refractivity contribution >= 4 is 17.0 Å². The van der Waals surface area contributed by atoms with Crippen LogP contribution >= 0.6 is 0 Å². The first kappa shape index (κ1) is 9.44. The van der Waals surface area contributed by atoms with Gasteiger partial charge in [-0.1, -0.05) is 13.8 Å². The van der Waals surface area contributed by atoms with Crippen molar-refractivity contribution in [2.75, 3.05) is 5.73 Å². The Hall–Kier alpha value is -1.65. The van der Waals surface area contributed by atoms with Gasteiger partial charge in [0.2, 0.25) is 0 Å². The fraction of sp³-hybridized carbons (Fsp3) is 0.375. The summed E-state index contributed by atoms with van der Waals surface area (Å²) in [4.78, 5) is 14.8. The van der Waals surface area contributed by atoms with Crippen LogP contribution in [0, 0.1) is 6.92 Å². The summed E-state index contributed by atoms with van der Waals surface area (Å²) in [6, 6.07) is 0. The molecule has 0 fully saturated rings. The average Bonchev–Trinajstić information content (AvgIpc) is 2.51. The first-order valence-electron chi connectivity index (χ1n) is 4.20. The van der Waals surface area contributed by atoms with Crippen molar-refractivity contribution in [1.82, 2.24) is 19.9 Å². The lowest BCUT2D eigenvalue weighted by Crippen LogP contribution is -1.91. The molecule has 0 aliphatic carbocycles. The smallest absolute Gasteiger partial charge is 0.183 e. The van der Waals surface area contributed by atoms with E-state index in [-0.39, 0.29) is 0 Å². The van der Waals surface area contributed by atoms with Gasteiger partial charge in [-0.05, 0) is 6.92 Å². The largest absolute Gasteiger partial charge is 0.382 e. The monoisotopic (exact) mass is 179 g/mol. The lowest BCUT2D eigenvalue weighted by atomic mass is 10.5. The van der Waals surface area contributed by atoms with Gasteiger partial charge in [0.15, 0.2) is 11.5 Å². The van der Waals surface area contributed by atoms with E-state index in [0.29, 0.717) is 17.0 Å². The molecule has 3 N–H and O–H groups in total. The Kier molecular flexibility index (Phi) is 2.79. The summed E-state index contributed by atoms with van der Waals surface area (Å²) in [5, 5.41) is 0. The maximum Gasteiger partial charge on any atom is 0.183 e. The van der Waals surface area contributed by atoms with Crippen LogP contribution in [0.5, 0.6) is 0 Å². The summed E-state index contributed by atoms with van der Waals surface area (Å²) in [5.41, 5.74) is 6.88. The van der Waals surface area contributed by atoms with Gasteiger partial charge in [-0.2, -0.15) is 0 Å². The second kappa shape index (κ2) is 3.84. The van der Waals surface area contributed by atoms with E-state index in [0.717, 1.165) is 5.82 Å². The molecule has 13 heavy (non-hydrogen) atoms. The van der Waals surface area contributed by atoms with Gasteiger partial charge in [0.25, 0.3) is 0 Å². The number of aryl methyl sites for hydroxylation is 1. The van der Waals surface area contributed by atoms with Gasteiger partial charge in [-0.3, -0.25) is 0 Å². The molecular formula is C8H13N5. The van der Waals surface area contributed by atoms with Gasteiger partial charge in [0.1, 0.15) is 17.7 Å². The van der Waals surface area contributed by atoms with Crippen molar-refractivity contribution in [3.8, 4) is 0 Å². The number of nitrogens with one attached hydrogen (secondary N) is 1. The highest BCUT2D eigenvalue weighted by Gasteiger charge is 2.02. The molecule has 2 aromatic rings. The average molecular weight is 179 g/mol. The SMILES string of the molecule is CC.Cc1nc2ncnc(N)c2[nH]1. The molecular weight excluding hydrogens is 166 g/mol. The summed E-state index contributed by atoms with van der Waals surface area (Å²) in [7, 11) is 0. The zero-order valence-electron chi connectivity index (χ0n) is 8.00. The van der Waals surface area contributed by atoms with Gasteiger partial charge < -0.3 is 10.7 Å². The third-order valence-corrected chi connectivity index (χ3v) is 1.44. The van der Waals surface area contributed by atoms with Crippen molar-refractivity contribution in [3.63, 3.8) is 0 Å². The molecule has 0 radical (unpaired) electrons. The summed E-state index contributed by atoms with van der Waals surface area (Å²) in [6.45, 7) is 5.85. The molecule has 0 saturated carbocycles. The van der Waals surface area contributed by atoms with E-state index in [2.05, 4.69) is 19.9 Å². The van der Waals surface area contributed by atoms with Gasteiger partial charge >= 0.3 is 0 Å². The summed E-state index contributed by atoms with van der Waals surface area (Å²) in [5.74, 6) is 1.24. The number of nitrogens with two attached hydrogens (primary N) is 1. The van der Waals surface area contributed by atoms with Crippen LogP contribution in [0.2, 0.25) is 0 Å². The minimum Gasteiger partial charge on any atom is -0.382 e. The van der Waals surface area contributed by atoms with Crippen LogP contribution in [0.4, 0.5) is 5.82 Å². The van der Waals surface area contributed by atoms with Gasteiger partial charge in [0.05, 0.1) is 0 Å². The predicted molar refractivity (Wildman–Crippen MR) is 52.2 cm³/mol. The van der Waals surface area contributed by atoms with Gasteiger partial charge in [-0.15, -0.1) is 0 Å². The molecule has 2 aromatic heterocycles. The number of nitrogen functional groups attached to an aromatic ring is 1. The number of aromatic amines is 1. The zero-order valence-corrected chi connectivity index (χ0v) is 8.00. The van der Waals surface area contributed by atoms with Crippen LogP contribution in [-0.4, -0.2) is 19.9 Å². The molecule has 2 rings (SSSR count). The van der Waals surface area contributed by atoms with Crippen LogP contribution in [0.3, 0.4) is 0 Å². The molecule has 0 unspecified atom stereocenters. The molecule has 5 heteroatoms. The maximum atomic E-state index is 5.55. The van der Waals surface area contributed by atoms with Gasteiger partial charge in [-0.25, -0.2) is 15.0 Å². The number of nitrogens with zero attached hydrogens (tertiary/aromatic N) is 3. The number of hydrogen-bond acceptors (Lipinski definition) is 4. The van der Waals surface area contributed by atoms with Crippen LogP contribution in [-0.2, 0) is 0 Å². The normalized spacial score (nSPS) is 9.46. The third-order valence-electron chi connectivity index (χ3n) is 1.44. The van der Waals surface area contributed by atoms with E-state index < -0.39 is 0 Å². The highest BCUT2D eigenvalue weighted by molar-refractivity contribution is 5.80. The Morgan fingerprint density at radius 2 is 2.00 bits per heavy atom. The third kappa shape index (κ3) is 1.74. The number of hydrogen-bond donors (Lipinski definition) is 2. The topological polar surface area (TPSA) is 80.5 Å². The minimum atomic E-state index is 0.440. The standard InChI is InChI=1S/C6H7N5.C2H6/c1-3-10-4-5(7)8-2-9-6(4)11-3;1-2/h2H,1H3,(H3,7,8,9,10,11);1-2H3. The number of imidazole rings is 1. The fourth-order valence-electron chi connectivity index (χ4n) is 0.962. The minimum absolute atomic E-state index is 0.440. The number of H-pyrrole nitrogens is 1. The molecule has 0 aliphatic heterocycles. The van der Waals surface area contributed by atoms with Crippen LogP contribution in [0.15, 0.2) is 6.33 Å². The van der Waals surface area contributed by atoms with Gasteiger partial charge in [0, 0.05) is 0 Å². The molecule has 0 amide bonds. The Bertz CT molecular complexity index is 392. The van der Waals surface area contributed by atoms with Crippen molar-refractivity contribution in [2.24, 2.45) is 0 Å². The fourth-order valence-corrected chi connectivity index (χ4v) is 0.962. The first-order chi connectivity index (χ1) is 6.27. The maximum absolute atomic E-state index is 5.55. The molecule has 0 aromatic carbocycles. The summed E-state index contributed by atoms with van der Waals surface area (Å²) < 4.78 is 0. The second-order valence-corrected chi connectivity index (χ2v) is 2.28. The second-order valence-electron chi connectivity index (χ2n) is 2.28. The number of aromatic nitrogens is 4. The van der Waals surface area contributed by atoms with E-state index in [1.165, 1.54) is 6.33 Å². The molecule has 2 heterocycles. The number of rotatable bonds is 0. The lowest BCUT2D eigenvalue weighted by molar-refractivity contribution is 1.16. The Labute approximate surface area is 76.4 Å². The van der Waals surface area contributed by atoms with Crippen LogP contribution in [0.1, 0.15) is 19.7 Å². The van der Waals surface area contributed by atoms with Crippen LogP contribution in [0.25, 0.3) is 11.2 Å².